The van der Waals surface area contributed by atoms with Crippen LogP contribution in [0.1, 0.15) is 46.8 Å². The van der Waals surface area contributed by atoms with Crippen molar-refractivity contribution >= 4 is 24.0 Å². The molecule has 0 aromatic heterocycles. The molecule has 126 valence electrons. The van der Waals surface area contributed by atoms with Gasteiger partial charge in [-0.25, -0.2) is 0 Å². The lowest BCUT2D eigenvalue weighted by Crippen LogP contribution is -2.31. The number of carbonyl (C=O) groups excluding carboxylic acids is 1. The number of amides is 1. The highest BCUT2D eigenvalue weighted by Gasteiger charge is 2.34. The van der Waals surface area contributed by atoms with Crippen LogP contribution in [-0.4, -0.2) is 12.5 Å². The van der Waals surface area contributed by atoms with Gasteiger partial charge in [0.2, 0.25) is 0 Å². The lowest BCUT2D eigenvalue weighted by Gasteiger charge is -2.23. The summed E-state index contributed by atoms with van der Waals surface area (Å²) in [7, 11) is 0. The van der Waals surface area contributed by atoms with Crippen molar-refractivity contribution in [2.75, 3.05) is 11.9 Å². The normalized spacial score (nSPS) is 17.0. The summed E-state index contributed by atoms with van der Waals surface area (Å²) in [6.45, 7) is 0.993. The van der Waals surface area contributed by atoms with Gasteiger partial charge >= 0.3 is 0 Å². The molecular formula is C20H23ClN2O. The van der Waals surface area contributed by atoms with E-state index in [9.17, 15) is 4.79 Å². The Kier molecular flexibility index (Phi) is 5.10. The molecule has 4 rings (SSSR count). The summed E-state index contributed by atoms with van der Waals surface area (Å²) in [5.74, 6) is 0.644. The fraction of sp³-hybridized carbons (Fsp3) is 0.350. The number of benzene rings is 2. The van der Waals surface area contributed by atoms with Crippen molar-refractivity contribution in [2.45, 2.75) is 31.7 Å². The van der Waals surface area contributed by atoms with E-state index in [1.54, 1.807) is 0 Å². The molecule has 1 aliphatic heterocycles. The van der Waals surface area contributed by atoms with Crippen LogP contribution < -0.4 is 10.6 Å². The molecule has 2 aliphatic rings. The first kappa shape index (κ1) is 16.8. The van der Waals surface area contributed by atoms with Crippen LogP contribution in [0.25, 0.3) is 0 Å². The highest BCUT2D eigenvalue weighted by molar-refractivity contribution is 5.97. The number of fused-ring (bicyclic) bond motifs is 1. The molecule has 0 bridgehead atoms. The molecule has 1 amide bonds. The van der Waals surface area contributed by atoms with Crippen molar-refractivity contribution in [3.8, 4) is 0 Å². The van der Waals surface area contributed by atoms with Crippen LogP contribution in [0.4, 0.5) is 5.69 Å². The highest BCUT2D eigenvalue weighted by Crippen LogP contribution is 2.41. The second-order valence-corrected chi connectivity index (χ2v) is 6.56. The molecule has 1 atom stereocenters. The molecular weight excluding hydrogens is 320 g/mol. The molecule has 2 N–H and O–H groups in total. The molecule has 24 heavy (non-hydrogen) atoms. The third-order valence-corrected chi connectivity index (χ3v) is 4.88. The van der Waals surface area contributed by atoms with Crippen LogP contribution in [0.3, 0.4) is 0 Å². The van der Waals surface area contributed by atoms with E-state index in [2.05, 4.69) is 28.8 Å². The smallest absolute Gasteiger partial charge is 0.252 e. The molecule has 0 spiro atoms. The van der Waals surface area contributed by atoms with E-state index in [-0.39, 0.29) is 24.4 Å². The quantitative estimate of drug-likeness (QED) is 0.867. The molecule has 1 heterocycles. The third-order valence-electron chi connectivity index (χ3n) is 4.88. The minimum atomic E-state index is 0. The second kappa shape index (κ2) is 7.27. The fourth-order valence-electron chi connectivity index (χ4n) is 3.51. The molecule has 0 radical (unpaired) electrons. The van der Waals surface area contributed by atoms with E-state index < -0.39 is 0 Å². The van der Waals surface area contributed by atoms with E-state index in [4.69, 9.17) is 0 Å². The zero-order valence-corrected chi connectivity index (χ0v) is 14.4. The maximum Gasteiger partial charge on any atom is 0.252 e. The molecule has 2 aromatic rings. The lowest BCUT2D eigenvalue weighted by molar-refractivity contribution is 0.0930. The number of carbonyl (C=O) groups is 1. The van der Waals surface area contributed by atoms with Crippen LogP contribution in [-0.2, 0) is 6.42 Å². The Morgan fingerprint density at radius 3 is 2.62 bits per heavy atom. The SMILES string of the molecule is Cl.O=C(NC(c1ccccc1)C1CC1)c1cccc2c1CCCN2. The van der Waals surface area contributed by atoms with Gasteiger partial charge in [-0.1, -0.05) is 36.4 Å². The van der Waals surface area contributed by atoms with E-state index in [1.165, 1.54) is 24.0 Å². The number of hydrogen-bond acceptors (Lipinski definition) is 2. The maximum absolute atomic E-state index is 12.9. The van der Waals surface area contributed by atoms with Gasteiger partial charge in [0.1, 0.15) is 0 Å². The first-order valence-corrected chi connectivity index (χ1v) is 8.54. The molecule has 1 unspecified atom stereocenters. The zero-order valence-electron chi connectivity index (χ0n) is 13.6. The van der Waals surface area contributed by atoms with Crippen molar-refractivity contribution in [2.24, 2.45) is 5.92 Å². The Morgan fingerprint density at radius 2 is 1.88 bits per heavy atom. The van der Waals surface area contributed by atoms with Gasteiger partial charge in [0.05, 0.1) is 6.04 Å². The average Bonchev–Trinajstić information content (AvgIpc) is 3.44. The number of halogens is 1. The van der Waals surface area contributed by atoms with E-state index >= 15 is 0 Å². The Morgan fingerprint density at radius 1 is 1.08 bits per heavy atom. The maximum atomic E-state index is 12.9. The lowest BCUT2D eigenvalue weighted by atomic mass is 9.96. The van der Waals surface area contributed by atoms with Gasteiger partial charge in [0, 0.05) is 17.8 Å². The predicted octanol–water partition coefficient (Wildman–Crippen LogP) is 4.35. The predicted molar refractivity (Wildman–Crippen MR) is 99.9 cm³/mol. The van der Waals surface area contributed by atoms with Crippen molar-refractivity contribution in [3.63, 3.8) is 0 Å². The highest BCUT2D eigenvalue weighted by atomic mass is 35.5. The molecule has 4 heteroatoms. The summed E-state index contributed by atoms with van der Waals surface area (Å²) in [5.41, 5.74) is 4.33. The van der Waals surface area contributed by atoms with Crippen molar-refractivity contribution in [1.29, 1.82) is 0 Å². The van der Waals surface area contributed by atoms with Crippen LogP contribution in [0, 0.1) is 5.92 Å². The van der Waals surface area contributed by atoms with Gasteiger partial charge < -0.3 is 10.6 Å². The molecule has 1 fully saturated rings. The van der Waals surface area contributed by atoms with Crippen molar-refractivity contribution < 1.29 is 4.79 Å². The van der Waals surface area contributed by atoms with Gasteiger partial charge in [-0.05, 0) is 54.9 Å². The Labute approximate surface area is 149 Å². The molecule has 2 aromatic carbocycles. The van der Waals surface area contributed by atoms with Crippen LogP contribution in [0.5, 0.6) is 0 Å². The largest absolute Gasteiger partial charge is 0.385 e. The van der Waals surface area contributed by atoms with E-state index in [0.717, 1.165) is 30.6 Å². The topological polar surface area (TPSA) is 41.1 Å². The summed E-state index contributed by atoms with van der Waals surface area (Å²) < 4.78 is 0. The van der Waals surface area contributed by atoms with Gasteiger partial charge in [-0.15, -0.1) is 12.4 Å². The summed E-state index contributed by atoms with van der Waals surface area (Å²) in [5, 5.41) is 6.69. The Bertz CT molecular complexity index is 713. The van der Waals surface area contributed by atoms with E-state index in [0.29, 0.717) is 5.92 Å². The molecule has 1 saturated carbocycles. The monoisotopic (exact) mass is 342 g/mol. The van der Waals surface area contributed by atoms with Crippen molar-refractivity contribution in [1.82, 2.24) is 5.32 Å². The third kappa shape index (κ3) is 3.41. The van der Waals surface area contributed by atoms with Crippen molar-refractivity contribution in [3.05, 3.63) is 65.2 Å². The Balaban J connectivity index is 0.00000169. The van der Waals surface area contributed by atoms with Gasteiger partial charge in [-0.2, -0.15) is 0 Å². The number of hydrogen-bond donors (Lipinski definition) is 2. The zero-order chi connectivity index (χ0) is 15.6. The minimum Gasteiger partial charge on any atom is -0.385 e. The summed E-state index contributed by atoms with van der Waals surface area (Å²) >= 11 is 0. The van der Waals surface area contributed by atoms with Gasteiger partial charge in [0.25, 0.3) is 5.91 Å². The van der Waals surface area contributed by atoms with Crippen LogP contribution in [0.15, 0.2) is 48.5 Å². The van der Waals surface area contributed by atoms with E-state index in [1.807, 2.05) is 30.3 Å². The van der Waals surface area contributed by atoms with Gasteiger partial charge in [0.15, 0.2) is 0 Å². The minimum absolute atomic E-state index is 0. The number of anilines is 1. The molecule has 0 saturated heterocycles. The summed E-state index contributed by atoms with van der Waals surface area (Å²) in [4.78, 5) is 12.9. The number of rotatable bonds is 4. The summed E-state index contributed by atoms with van der Waals surface area (Å²) in [6, 6.07) is 16.5. The van der Waals surface area contributed by atoms with Gasteiger partial charge in [-0.3, -0.25) is 4.79 Å². The molecule has 1 aliphatic carbocycles. The summed E-state index contributed by atoms with van der Waals surface area (Å²) in [6.07, 6.45) is 4.47. The average molecular weight is 343 g/mol. The standard InChI is InChI=1S/C20H22N2O.ClH/c23-20(17-8-4-10-18-16(17)9-5-13-21-18)22-19(15-11-12-15)14-6-2-1-3-7-14;/h1-4,6-8,10,15,19,21H,5,9,11-13H2,(H,22,23);1H. The second-order valence-electron chi connectivity index (χ2n) is 6.56. The van der Waals surface area contributed by atoms with Crippen LogP contribution >= 0.6 is 12.4 Å². The van der Waals surface area contributed by atoms with Crippen LogP contribution in [0.2, 0.25) is 0 Å². The number of nitrogens with one attached hydrogen (secondary N) is 2. The Hall–Kier alpha value is -2.00. The molecule has 3 nitrogen and oxygen atoms in total. The first-order valence-electron chi connectivity index (χ1n) is 8.54. The first-order chi connectivity index (χ1) is 11.3. The fourth-order valence-corrected chi connectivity index (χ4v) is 3.51.